The zero-order valence-electron chi connectivity index (χ0n) is 16.9. The molecule has 0 atom stereocenters. The molecule has 0 fully saturated rings. The molecule has 5 heteroatoms. The van der Waals surface area contributed by atoms with Gasteiger partial charge in [-0.25, -0.2) is 4.79 Å². The average Bonchev–Trinajstić information content (AvgIpc) is 3.04. The van der Waals surface area contributed by atoms with Gasteiger partial charge in [-0.1, -0.05) is 0 Å². The molecule has 2 aromatic carbocycles. The molecule has 0 aliphatic carbocycles. The first-order valence-electron chi connectivity index (χ1n) is 9.18. The number of methoxy groups -OCH3 is 2. The van der Waals surface area contributed by atoms with Gasteiger partial charge in [0.25, 0.3) is 0 Å². The van der Waals surface area contributed by atoms with Crippen LogP contribution in [0.1, 0.15) is 37.7 Å². The van der Waals surface area contributed by atoms with Crippen molar-refractivity contribution in [2.75, 3.05) is 14.2 Å². The third kappa shape index (κ3) is 4.29. The lowest BCUT2D eigenvalue weighted by Crippen LogP contribution is -2.03. The van der Waals surface area contributed by atoms with Gasteiger partial charge in [0.05, 0.1) is 19.8 Å². The summed E-state index contributed by atoms with van der Waals surface area (Å²) >= 11 is 0. The number of hydrogen-bond donors (Lipinski definition) is 0. The standard InChI is InChI=1S/C24H23NO4/c1-16-15-20(9-14-23(26)18-7-12-22(28-3)13-8-18)17(2)25(16)21-10-5-19(6-11-21)24(27)29-4/h5-15H,1-4H3/b14-9+. The van der Waals surface area contributed by atoms with Crippen molar-refractivity contribution < 1.29 is 19.1 Å². The van der Waals surface area contributed by atoms with Gasteiger partial charge in [0, 0.05) is 22.6 Å². The molecule has 5 nitrogen and oxygen atoms in total. The molecule has 0 saturated heterocycles. The maximum Gasteiger partial charge on any atom is 0.337 e. The van der Waals surface area contributed by atoms with Crippen LogP contribution < -0.4 is 4.74 Å². The van der Waals surface area contributed by atoms with Crippen LogP contribution in [0.5, 0.6) is 5.75 Å². The molecule has 29 heavy (non-hydrogen) atoms. The molecule has 0 aliphatic rings. The van der Waals surface area contributed by atoms with Crippen LogP contribution in [-0.2, 0) is 4.74 Å². The van der Waals surface area contributed by atoms with E-state index in [0.717, 1.165) is 22.6 Å². The van der Waals surface area contributed by atoms with Crippen LogP contribution in [-0.4, -0.2) is 30.5 Å². The second kappa shape index (κ2) is 8.61. The Hall–Kier alpha value is -3.60. The molecule has 0 radical (unpaired) electrons. The van der Waals surface area contributed by atoms with E-state index in [1.54, 1.807) is 49.6 Å². The Bertz CT molecular complexity index is 1060. The third-order valence-corrected chi connectivity index (χ3v) is 4.81. The zero-order chi connectivity index (χ0) is 21.0. The first-order chi connectivity index (χ1) is 13.9. The second-order valence-corrected chi connectivity index (χ2v) is 6.63. The fourth-order valence-corrected chi connectivity index (χ4v) is 3.24. The number of allylic oxidation sites excluding steroid dienone is 1. The molecule has 0 spiro atoms. The lowest BCUT2D eigenvalue weighted by molar-refractivity contribution is 0.0600. The van der Waals surface area contributed by atoms with Crippen LogP contribution in [0.15, 0.2) is 60.7 Å². The number of carbonyl (C=O) groups excluding carboxylic acids is 2. The van der Waals surface area contributed by atoms with Crippen molar-refractivity contribution >= 4 is 17.8 Å². The van der Waals surface area contributed by atoms with Crippen molar-refractivity contribution in [3.05, 3.63) is 88.8 Å². The SMILES string of the molecule is COC(=O)c1ccc(-n2c(C)cc(/C=C/C(=O)c3ccc(OC)cc3)c2C)cc1. The molecule has 0 bridgehead atoms. The number of esters is 1. The highest BCUT2D eigenvalue weighted by molar-refractivity contribution is 6.06. The number of hydrogen-bond acceptors (Lipinski definition) is 4. The van der Waals surface area contributed by atoms with E-state index >= 15 is 0 Å². The van der Waals surface area contributed by atoms with E-state index in [0.29, 0.717) is 16.9 Å². The molecule has 1 aromatic heterocycles. The van der Waals surface area contributed by atoms with Crippen LogP contribution in [0.4, 0.5) is 0 Å². The second-order valence-electron chi connectivity index (χ2n) is 6.63. The fraction of sp³-hybridized carbons (Fsp3) is 0.167. The molecular formula is C24H23NO4. The maximum atomic E-state index is 12.4. The Kier molecular flexibility index (Phi) is 5.98. The lowest BCUT2D eigenvalue weighted by atomic mass is 10.1. The summed E-state index contributed by atoms with van der Waals surface area (Å²) in [5, 5.41) is 0. The first-order valence-corrected chi connectivity index (χ1v) is 9.18. The average molecular weight is 389 g/mol. The Morgan fingerprint density at radius 3 is 2.10 bits per heavy atom. The molecule has 3 rings (SSSR count). The van der Waals surface area contributed by atoms with Gasteiger partial charge < -0.3 is 14.0 Å². The van der Waals surface area contributed by atoms with E-state index in [9.17, 15) is 9.59 Å². The van der Waals surface area contributed by atoms with Gasteiger partial charge in [0.2, 0.25) is 0 Å². The zero-order valence-corrected chi connectivity index (χ0v) is 16.9. The van der Waals surface area contributed by atoms with Gasteiger partial charge in [-0.3, -0.25) is 4.79 Å². The number of benzene rings is 2. The Morgan fingerprint density at radius 2 is 1.52 bits per heavy atom. The number of aryl methyl sites for hydroxylation is 1. The monoisotopic (exact) mass is 389 g/mol. The number of aromatic nitrogens is 1. The molecule has 0 amide bonds. The van der Waals surface area contributed by atoms with E-state index in [2.05, 4.69) is 4.57 Å². The van der Waals surface area contributed by atoms with Crippen molar-refractivity contribution in [1.82, 2.24) is 4.57 Å². The number of ketones is 1. The normalized spacial score (nSPS) is 10.9. The molecule has 0 unspecified atom stereocenters. The van der Waals surface area contributed by atoms with Crippen molar-refractivity contribution in [1.29, 1.82) is 0 Å². The van der Waals surface area contributed by atoms with Crippen LogP contribution in [0, 0.1) is 13.8 Å². The largest absolute Gasteiger partial charge is 0.497 e. The van der Waals surface area contributed by atoms with Crippen molar-refractivity contribution in [3.8, 4) is 11.4 Å². The Labute approximate surface area is 170 Å². The Balaban J connectivity index is 1.84. The van der Waals surface area contributed by atoms with E-state index < -0.39 is 0 Å². The molecule has 0 aliphatic heterocycles. The van der Waals surface area contributed by atoms with Crippen LogP contribution in [0.2, 0.25) is 0 Å². The van der Waals surface area contributed by atoms with Crippen LogP contribution in [0.3, 0.4) is 0 Å². The predicted octanol–water partition coefficient (Wildman–Crippen LogP) is 4.79. The fourth-order valence-electron chi connectivity index (χ4n) is 3.24. The highest BCUT2D eigenvalue weighted by atomic mass is 16.5. The summed E-state index contributed by atoms with van der Waals surface area (Å²) in [5.74, 6) is 0.283. The minimum atomic E-state index is -0.363. The highest BCUT2D eigenvalue weighted by Crippen LogP contribution is 2.23. The number of rotatable bonds is 6. The molecule has 0 saturated carbocycles. The number of carbonyl (C=O) groups is 2. The summed E-state index contributed by atoms with van der Waals surface area (Å²) in [7, 11) is 2.96. The van der Waals surface area contributed by atoms with Gasteiger partial charge in [0.1, 0.15) is 5.75 Å². The van der Waals surface area contributed by atoms with Crippen LogP contribution in [0.25, 0.3) is 11.8 Å². The van der Waals surface area contributed by atoms with Gasteiger partial charge in [-0.15, -0.1) is 0 Å². The summed E-state index contributed by atoms with van der Waals surface area (Å²) in [6, 6.07) is 16.3. The minimum absolute atomic E-state index is 0.0695. The molecule has 0 N–H and O–H groups in total. The molecule has 3 aromatic rings. The van der Waals surface area contributed by atoms with E-state index in [1.165, 1.54) is 7.11 Å². The third-order valence-electron chi connectivity index (χ3n) is 4.81. The summed E-state index contributed by atoms with van der Waals surface area (Å²) in [5.41, 5.74) is 5.05. The van der Waals surface area contributed by atoms with Gasteiger partial charge in [-0.2, -0.15) is 0 Å². The summed E-state index contributed by atoms with van der Waals surface area (Å²) < 4.78 is 11.9. The van der Waals surface area contributed by atoms with Crippen molar-refractivity contribution in [2.24, 2.45) is 0 Å². The molecular weight excluding hydrogens is 366 g/mol. The maximum absolute atomic E-state index is 12.4. The van der Waals surface area contributed by atoms with Gasteiger partial charge in [-0.05, 0) is 86.2 Å². The van der Waals surface area contributed by atoms with Gasteiger partial charge >= 0.3 is 5.97 Å². The first kappa shape index (κ1) is 20.1. The lowest BCUT2D eigenvalue weighted by Gasteiger charge is -2.10. The van der Waals surface area contributed by atoms with Crippen molar-refractivity contribution in [2.45, 2.75) is 13.8 Å². The summed E-state index contributed by atoms with van der Waals surface area (Å²) in [6.45, 7) is 4.00. The number of nitrogens with zero attached hydrogens (tertiary/aromatic N) is 1. The topological polar surface area (TPSA) is 57.5 Å². The van der Waals surface area contributed by atoms with Gasteiger partial charge in [0.15, 0.2) is 5.78 Å². The smallest absolute Gasteiger partial charge is 0.337 e. The molecule has 148 valence electrons. The van der Waals surface area contributed by atoms with E-state index in [-0.39, 0.29) is 11.8 Å². The number of ether oxygens (including phenoxy) is 2. The molecule has 1 heterocycles. The quantitative estimate of drug-likeness (QED) is 0.346. The van der Waals surface area contributed by atoms with E-state index in [1.807, 2.05) is 38.1 Å². The van der Waals surface area contributed by atoms with Crippen molar-refractivity contribution in [3.63, 3.8) is 0 Å². The predicted molar refractivity (Wildman–Crippen MR) is 113 cm³/mol. The van der Waals surface area contributed by atoms with E-state index in [4.69, 9.17) is 9.47 Å². The minimum Gasteiger partial charge on any atom is -0.497 e. The summed E-state index contributed by atoms with van der Waals surface area (Å²) in [4.78, 5) is 24.1. The Morgan fingerprint density at radius 1 is 0.897 bits per heavy atom. The summed E-state index contributed by atoms with van der Waals surface area (Å²) in [6.07, 6.45) is 3.41. The van der Waals surface area contributed by atoms with Crippen LogP contribution >= 0.6 is 0 Å². The highest BCUT2D eigenvalue weighted by Gasteiger charge is 2.11.